The molecule has 0 radical (unpaired) electrons. The van der Waals surface area contributed by atoms with Crippen LogP contribution in [0.5, 0.6) is 0 Å². The largest absolute Gasteiger partial charge is 0.396 e. The van der Waals surface area contributed by atoms with E-state index in [2.05, 4.69) is 10.3 Å². The average molecular weight is 307 g/mol. The maximum atomic E-state index is 12.1. The highest BCUT2D eigenvalue weighted by molar-refractivity contribution is 7.18. The van der Waals surface area contributed by atoms with Crippen molar-refractivity contribution < 1.29 is 9.90 Å². The molecule has 2 aromatic rings. The minimum absolute atomic E-state index is 0.0578. The molecule has 0 saturated carbocycles. The Kier molecular flexibility index (Phi) is 5.52. The second-order valence-electron chi connectivity index (χ2n) is 5.15. The maximum Gasteiger partial charge on any atom is 0.317 e. The van der Waals surface area contributed by atoms with Gasteiger partial charge in [-0.1, -0.05) is 12.1 Å². The van der Waals surface area contributed by atoms with Crippen LogP contribution in [-0.4, -0.2) is 40.7 Å². The van der Waals surface area contributed by atoms with E-state index >= 15 is 0 Å². The summed E-state index contributed by atoms with van der Waals surface area (Å²) < 4.78 is 1.14. The van der Waals surface area contributed by atoms with Crippen LogP contribution in [0.2, 0.25) is 0 Å². The van der Waals surface area contributed by atoms with Crippen LogP contribution in [-0.2, 0) is 6.54 Å². The summed E-state index contributed by atoms with van der Waals surface area (Å²) in [7, 11) is 1.76. The first kappa shape index (κ1) is 15.7. The van der Waals surface area contributed by atoms with Crippen LogP contribution in [0.25, 0.3) is 10.2 Å². The normalized spacial score (nSPS) is 12.3. The molecule has 0 saturated heterocycles. The lowest BCUT2D eigenvalue weighted by Crippen LogP contribution is -2.41. The van der Waals surface area contributed by atoms with Gasteiger partial charge >= 0.3 is 6.03 Å². The number of para-hydroxylation sites is 1. The van der Waals surface area contributed by atoms with Crippen molar-refractivity contribution in [2.24, 2.45) is 0 Å². The summed E-state index contributed by atoms with van der Waals surface area (Å²) >= 11 is 1.61. The van der Waals surface area contributed by atoms with Crippen molar-refractivity contribution in [3.63, 3.8) is 0 Å². The van der Waals surface area contributed by atoms with Crippen molar-refractivity contribution in [2.45, 2.75) is 32.4 Å². The number of thiazole rings is 1. The van der Waals surface area contributed by atoms with E-state index in [4.69, 9.17) is 5.11 Å². The van der Waals surface area contributed by atoms with Crippen molar-refractivity contribution in [3.05, 3.63) is 29.3 Å². The number of amides is 2. The van der Waals surface area contributed by atoms with E-state index < -0.39 is 0 Å². The van der Waals surface area contributed by atoms with Gasteiger partial charge in [0, 0.05) is 19.7 Å². The van der Waals surface area contributed by atoms with Crippen LogP contribution in [0.3, 0.4) is 0 Å². The number of aliphatic hydroxyl groups excluding tert-OH is 1. The van der Waals surface area contributed by atoms with E-state index in [0.717, 1.165) is 21.6 Å². The molecule has 5 nitrogen and oxygen atoms in total. The molecule has 1 atom stereocenters. The molecule has 114 valence electrons. The molecule has 0 spiro atoms. The second kappa shape index (κ2) is 7.38. The fraction of sp³-hybridized carbons (Fsp3) is 0.467. The molecule has 1 aromatic heterocycles. The van der Waals surface area contributed by atoms with E-state index in [0.29, 0.717) is 13.0 Å². The summed E-state index contributed by atoms with van der Waals surface area (Å²) in [6.45, 7) is 2.60. The zero-order valence-corrected chi connectivity index (χ0v) is 13.2. The minimum atomic E-state index is -0.111. The highest BCUT2D eigenvalue weighted by atomic mass is 32.1. The highest BCUT2D eigenvalue weighted by Gasteiger charge is 2.14. The third-order valence-corrected chi connectivity index (χ3v) is 4.24. The van der Waals surface area contributed by atoms with Gasteiger partial charge in [0.2, 0.25) is 0 Å². The summed E-state index contributed by atoms with van der Waals surface area (Å²) in [5, 5.41) is 12.6. The predicted octanol–water partition coefficient (Wildman–Crippen LogP) is 2.60. The zero-order chi connectivity index (χ0) is 15.2. The SMILES string of the molecule is CC(CCCO)NC(=O)N(C)Cc1nc2ccccc2s1. The Morgan fingerprint density at radius 1 is 1.48 bits per heavy atom. The smallest absolute Gasteiger partial charge is 0.317 e. The Morgan fingerprint density at radius 2 is 2.24 bits per heavy atom. The highest BCUT2D eigenvalue weighted by Crippen LogP contribution is 2.22. The number of hydrogen-bond acceptors (Lipinski definition) is 4. The van der Waals surface area contributed by atoms with Gasteiger partial charge in [-0.15, -0.1) is 11.3 Å². The molecule has 0 aliphatic heterocycles. The van der Waals surface area contributed by atoms with E-state index in [9.17, 15) is 4.79 Å². The van der Waals surface area contributed by atoms with Gasteiger partial charge in [0.1, 0.15) is 5.01 Å². The van der Waals surface area contributed by atoms with Gasteiger partial charge in [0.05, 0.1) is 16.8 Å². The Bertz CT molecular complexity index is 566. The van der Waals surface area contributed by atoms with Crippen LogP contribution in [0, 0.1) is 0 Å². The van der Waals surface area contributed by atoms with Gasteiger partial charge in [0.25, 0.3) is 0 Å². The molecule has 0 aliphatic carbocycles. The van der Waals surface area contributed by atoms with E-state index in [1.54, 1.807) is 23.3 Å². The Balaban J connectivity index is 1.90. The lowest BCUT2D eigenvalue weighted by molar-refractivity contribution is 0.201. The third-order valence-electron chi connectivity index (χ3n) is 3.22. The number of fused-ring (bicyclic) bond motifs is 1. The van der Waals surface area contributed by atoms with Crippen LogP contribution in [0.15, 0.2) is 24.3 Å². The van der Waals surface area contributed by atoms with E-state index in [1.807, 2.05) is 31.2 Å². The molecular weight excluding hydrogens is 286 g/mol. The van der Waals surface area contributed by atoms with Crippen LogP contribution in [0.1, 0.15) is 24.8 Å². The lowest BCUT2D eigenvalue weighted by atomic mass is 10.2. The Hall–Kier alpha value is -1.66. The molecule has 21 heavy (non-hydrogen) atoms. The van der Waals surface area contributed by atoms with Crippen LogP contribution >= 0.6 is 11.3 Å². The number of nitrogens with zero attached hydrogens (tertiary/aromatic N) is 2. The summed E-state index contributed by atoms with van der Waals surface area (Å²) in [4.78, 5) is 18.2. The van der Waals surface area contributed by atoms with E-state index in [-0.39, 0.29) is 18.7 Å². The van der Waals surface area contributed by atoms with Gasteiger partial charge < -0.3 is 15.3 Å². The van der Waals surface area contributed by atoms with Crippen molar-refractivity contribution in [3.8, 4) is 0 Å². The number of hydrogen-bond donors (Lipinski definition) is 2. The van der Waals surface area contributed by atoms with Gasteiger partial charge in [-0.25, -0.2) is 9.78 Å². The van der Waals surface area contributed by atoms with Gasteiger partial charge in [-0.05, 0) is 31.9 Å². The zero-order valence-electron chi connectivity index (χ0n) is 12.4. The molecule has 1 heterocycles. The minimum Gasteiger partial charge on any atom is -0.396 e. The first-order valence-electron chi connectivity index (χ1n) is 7.07. The topological polar surface area (TPSA) is 65.5 Å². The molecular formula is C15H21N3O2S. The quantitative estimate of drug-likeness (QED) is 0.862. The summed E-state index contributed by atoms with van der Waals surface area (Å²) in [6.07, 6.45) is 1.47. The lowest BCUT2D eigenvalue weighted by Gasteiger charge is -2.20. The Morgan fingerprint density at radius 3 is 2.95 bits per heavy atom. The first-order chi connectivity index (χ1) is 10.1. The number of benzene rings is 1. The summed E-state index contributed by atoms with van der Waals surface area (Å²) in [5.41, 5.74) is 0.975. The van der Waals surface area contributed by atoms with Crippen molar-refractivity contribution in [1.29, 1.82) is 0 Å². The molecule has 6 heteroatoms. The summed E-state index contributed by atoms with van der Waals surface area (Å²) in [6, 6.07) is 7.91. The van der Waals surface area contributed by atoms with Gasteiger partial charge in [-0.3, -0.25) is 0 Å². The third kappa shape index (κ3) is 4.41. The average Bonchev–Trinajstić information content (AvgIpc) is 2.87. The number of urea groups is 1. The fourth-order valence-electron chi connectivity index (χ4n) is 2.05. The fourth-order valence-corrected chi connectivity index (χ4v) is 3.07. The predicted molar refractivity (Wildman–Crippen MR) is 85.4 cm³/mol. The standard InChI is InChI=1S/C15H21N3O2S/c1-11(6-5-9-19)16-15(20)18(2)10-14-17-12-7-3-4-8-13(12)21-14/h3-4,7-8,11,19H,5-6,9-10H2,1-2H3,(H,16,20). The van der Waals surface area contributed by atoms with Crippen LogP contribution < -0.4 is 5.32 Å². The number of carbonyl (C=O) groups excluding carboxylic acids is 1. The van der Waals surface area contributed by atoms with Crippen LogP contribution in [0.4, 0.5) is 4.79 Å². The molecule has 1 aromatic carbocycles. The molecule has 2 N–H and O–H groups in total. The van der Waals surface area contributed by atoms with Gasteiger partial charge in [-0.2, -0.15) is 0 Å². The number of aliphatic hydroxyl groups is 1. The number of nitrogens with one attached hydrogen (secondary N) is 1. The molecule has 2 rings (SSSR count). The molecule has 0 bridgehead atoms. The Labute approximate surface area is 128 Å². The summed E-state index contributed by atoms with van der Waals surface area (Å²) in [5.74, 6) is 0. The maximum absolute atomic E-state index is 12.1. The van der Waals surface area contributed by atoms with Gasteiger partial charge in [0.15, 0.2) is 0 Å². The van der Waals surface area contributed by atoms with Crippen molar-refractivity contribution >= 4 is 27.6 Å². The van der Waals surface area contributed by atoms with Crippen molar-refractivity contribution in [1.82, 2.24) is 15.2 Å². The second-order valence-corrected chi connectivity index (χ2v) is 6.26. The van der Waals surface area contributed by atoms with Crippen molar-refractivity contribution in [2.75, 3.05) is 13.7 Å². The number of rotatable bonds is 6. The first-order valence-corrected chi connectivity index (χ1v) is 7.88. The van der Waals surface area contributed by atoms with E-state index in [1.165, 1.54) is 0 Å². The molecule has 2 amide bonds. The number of aromatic nitrogens is 1. The molecule has 0 fully saturated rings. The molecule has 1 unspecified atom stereocenters. The monoisotopic (exact) mass is 307 g/mol. The molecule has 0 aliphatic rings. The number of carbonyl (C=O) groups is 1.